The number of hydrogen-bond acceptors (Lipinski definition) is 7. The Bertz CT molecular complexity index is 1250. The fraction of sp³-hybridized carbons (Fsp3) is 0.333. The van der Waals surface area contributed by atoms with Gasteiger partial charge < -0.3 is 24.2 Å². The van der Waals surface area contributed by atoms with Crippen LogP contribution in [0.1, 0.15) is 43.6 Å². The summed E-state index contributed by atoms with van der Waals surface area (Å²) in [7, 11) is 3.16. The molecule has 1 aliphatic rings. The van der Waals surface area contributed by atoms with Crippen molar-refractivity contribution in [2.75, 3.05) is 32.6 Å². The topological polar surface area (TPSA) is 107 Å². The number of aromatic nitrogens is 2. The van der Waals surface area contributed by atoms with Crippen molar-refractivity contribution in [1.82, 2.24) is 15.0 Å². The minimum atomic E-state index is -0.0754. The van der Waals surface area contributed by atoms with Crippen LogP contribution >= 0.6 is 0 Å². The van der Waals surface area contributed by atoms with Crippen LogP contribution < -0.4 is 14.8 Å². The molecule has 1 N–H and O–H groups in total. The Morgan fingerprint density at radius 1 is 1.17 bits per heavy atom. The standard InChI is InChI=1S/C27H30N4O5/c1-4-24(32)28-21-9-5-7-19(16-21)26-29-27(36-30-26)20-8-6-14-31(17-20)25(33)13-11-18-10-12-22(34-2)23(15-18)35-3/h5,7,9-13,15-16,20H,4,6,8,14,17H2,1-3H3,(H,28,32)/b13-11+/t20-/m0/s1. The molecule has 0 saturated carbocycles. The minimum absolute atomic E-state index is 0.0404. The first-order valence-corrected chi connectivity index (χ1v) is 11.9. The maximum atomic E-state index is 12.9. The molecule has 0 radical (unpaired) electrons. The van der Waals surface area contributed by atoms with Gasteiger partial charge in [-0.25, -0.2) is 0 Å². The predicted molar refractivity (Wildman–Crippen MR) is 136 cm³/mol. The lowest BCUT2D eigenvalue weighted by Crippen LogP contribution is -2.38. The molecule has 2 aromatic carbocycles. The lowest BCUT2D eigenvalue weighted by Gasteiger charge is -2.30. The van der Waals surface area contributed by atoms with Gasteiger partial charge in [0.2, 0.25) is 23.5 Å². The Hall–Kier alpha value is -4.14. The molecule has 1 fully saturated rings. The largest absolute Gasteiger partial charge is 0.493 e. The number of rotatable bonds is 8. The maximum Gasteiger partial charge on any atom is 0.246 e. The first-order valence-electron chi connectivity index (χ1n) is 11.9. The molecule has 188 valence electrons. The number of benzene rings is 2. The molecule has 1 aliphatic heterocycles. The Balaban J connectivity index is 1.42. The van der Waals surface area contributed by atoms with Gasteiger partial charge in [0, 0.05) is 36.8 Å². The SMILES string of the molecule is CCC(=O)Nc1cccc(-c2noc([C@H]3CCCN(C(=O)/C=C/c4ccc(OC)c(OC)c4)C3)n2)c1. The van der Waals surface area contributed by atoms with Crippen LogP contribution in [0.4, 0.5) is 5.69 Å². The fourth-order valence-corrected chi connectivity index (χ4v) is 4.11. The van der Waals surface area contributed by atoms with E-state index in [0.29, 0.717) is 48.4 Å². The summed E-state index contributed by atoms with van der Waals surface area (Å²) < 4.78 is 16.2. The number of piperidine rings is 1. The normalized spacial score (nSPS) is 15.6. The third-order valence-corrected chi connectivity index (χ3v) is 6.08. The monoisotopic (exact) mass is 490 g/mol. The molecule has 9 heteroatoms. The number of methoxy groups -OCH3 is 2. The summed E-state index contributed by atoms with van der Waals surface area (Å²) in [6.45, 7) is 2.98. The van der Waals surface area contributed by atoms with Crippen molar-refractivity contribution < 1.29 is 23.6 Å². The van der Waals surface area contributed by atoms with E-state index >= 15 is 0 Å². The van der Waals surface area contributed by atoms with Crippen molar-refractivity contribution in [1.29, 1.82) is 0 Å². The van der Waals surface area contributed by atoms with E-state index in [1.54, 1.807) is 44.3 Å². The van der Waals surface area contributed by atoms with Gasteiger partial charge in [0.15, 0.2) is 11.5 Å². The molecule has 9 nitrogen and oxygen atoms in total. The van der Waals surface area contributed by atoms with Gasteiger partial charge in [-0.1, -0.05) is 30.3 Å². The summed E-state index contributed by atoms with van der Waals surface area (Å²) in [6.07, 6.45) is 5.44. The highest BCUT2D eigenvalue weighted by atomic mass is 16.5. The van der Waals surface area contributed by atoms with Crippen LogP contribution in [0, 0.1) is 0 Å². The summed E-state index contributed by atoms with van der Waals surface area (Å²) in [4.78, 5) is 31.0. The molecule has 1 aromatic heterocycles. The quantitative estimate of drug-likeness (QED) is 0.463. The molecular weight excluding hydrogens is 460 g/mol. The third-order valence-electron chi connectivity index (χ3n) is 6.08. The highest BCUT2D eigenvalue weighted by Gasteiger charge is 2.28. The Morgan fingerprint density at radius 2 is 2.00 bits per heavy atom. The summed E-state index contributed by atoms with van der Waals surface area (Å²) in [5.74, 6) is 2.03. The third kappa shape index (κ3) is 5.91. The van der Waals surface area contributed by atoms with E-state index in [0.717, 1.165) is 24.0 Å². The van der Waals surface area contributed by atoms with E-state index in [2.05, 4.69) is 15.5 Å². The first-order chi connectivity index (χ1) is 17.5. The lowest BCUT2D eigenvalue weighted by atomic mass is 9.98. The second-order valence-corrected chi connectivity index (χ2v) is 8.51. The van der Waals surface area contributed by atoms with Crippen LogP contribution in [0.3, 0.4) is 0 Å². The zero-order valence-corrected chi connectivity index (χ0v) is 20.7. The molecular formula is C27H30N4O5. The number of anilines is 1. The van der Waals surface area contributed by atoms with Gasteiger partial charge in [-0.15, -0.1) is 0 Å². The van der Waals surface area contributed by atoms with Crippen molar-refractivity contribution in [2.45, 2.75) is 32.1 Å². The van der Waals surface area contributed by atoms with E-state index in [1.165, 1.54) is 0 Å². The van der Waals surface area contributed by atoms with Crippen LogP contribution in [0.25, 0.3) is 17.5 Å². The van der Waals surface area contributed by atoms with Crippen molar-refractivity contribution >= 4 is 23.6 Å². The van der Waals surface area contributed by atoms with Crippen LogP contribution in [0.2, 0.25) is 0 Å². The number of amides is 2. The molecule has 2 heterocycles. The number of ether oxygens (including phenoxy) is 2. The van der Waals surface area contributed by atoms with Gasteiger partial charge in [0.05, 0.1) is 20.1 Å². The molecule has 0 bridgehead atoms. The number of likely N-dealkylation sites (tertiary alicyclic amines) is 1. The highest BCUT2D eigenvalue weighted by molar-refractivity contribution is 5.92. The Kier molecular flexibility index (Phi) is 7.99. The zero-order chi connectivity index (χ0) is 25.5. The van der Waals surface area contributed by atoms with E-state index in [1.807, 2.05) is 36.4 Å². The number of nitrogens with one attached hydrogen (secondary N) is 1. The van der Waals surface area contributed by atoms with E-state index in [4.69, 9.17) is 14.0 Å². The number of carbonyl (C=O) groups is 2. The summed E-state index contributed by atoms with van der Waals surface area (Å²) >= 11 is 0. The highest BCUT2D eigenvalue weighted by Crippen LogP contribution is 2.30. The van der Waals surface area contributed by atoms with Crippen molar-refractivity contribution in [2.24, 2.45) is 0 Å². The molecule has 2 amide bonds. The van der Waals surface area contributed by atoms with E-state index in [-0.39, 0.29) is 17.7 Å². The molecule has 3 aromatic rings. The lowest BCUT2D eigenvalue weighted by molar-refractivity contribution is -0.127. The molecule has 1 atom stereocenters. The summed E-state index contributed by atoms with van der Waals surface area (Å²) in [6, 6.07) is 12.8. The second-order valence-electron chi connectivity index (χ2n) is 8.51. The Labute approximate surface area is 210 Å². The van der Waals surface area contributed by atoms with E-state index < -0.39 is 0 Å². The summed E-state index contributed by atoms with van der Waals surface area (Å²) in [5.41, 5.74) is 2.27. The second kappa shape index (κ2) is 11.5. The van der Waals surface area contributed by atoms with Gasteiger partial charge in [-0.2, -0.15) is 4.98 Å². The molecule has 4 rings (SSSR count). The van der Waals surface area contributed by atoms with Crippen molar-refractivity contribution in [3.05, 3.63) is 60.0 Å². The molecule has 0 aliphatic carbocycles. The molecule has 36 heavy (non-hydrogen) atoms. The Morgan fingerprint density at radius 3 is 2.78 bits per heavy atom. The van der Waals surface area contributed by atoms with E-state index in [9.17, 15) is 9.59 Å². The smallest absolute Gasteiger partial charge is 0.246 e. The van der Waals surface area contributed by atoms with Crippen LogP contribution in [0.5, 0.6) is 11.5 Å². The van der Waals surface area contributed by atoms with Gasteiger partial charge in [-0.05, 0) is 48.7 Å². The molecule has 0 unspecified atom stereocenters. The molecule has 1 saturated heterocycles. The predicted octanol–water partition coefficient (Wildman–Crippen LogP) is 4.52. The van der Waals surface area contributed by atoms with Gasteiger partial charge in [-0.3, -0.25) is 9.59 Å². The van der Waals surface area contributed by atoms with Crippen LogP contribution in [-0.4, -0.2) is 54.2 Å². The first kappa shape index (κ1) is 25.0. The number of carbonyl (C=O) groups excluding carboxylic acids is 2. The average molecular weight is 491 g/mol. The summed E-state index contributed by atoms with van der Waals surface area (Å²) in [5, 5.41) is 6.98. The van der Waals surface area contributed by atoms with Gasteiger partial charge in [0.25, 0.3) is 0 Å². The fourth-order valence-electron chi connectivity index (χ4n) is 4.11. The maximum absolute atomic E-state index is 12.9. The van der Waals surface area contributed by atoms with Crippen molar-refractivity contribution in [3.8, 4) is 22.9 Å². The molecule has 0 spiro atoms. The van der Waals surface area contributed by atoms with Gasteiger partial charge >= 0.3 is 0 Å². The minimum Gasteiger partial charge on any atom is -0.493 e. The van der Waals surface area contributed by atoms with Crippen LogP contribution in [0.15, 0.2) is 53.1 Å². The average Bonchev–Trinajstić information content (AvgIpc) is 3.42. The number of nitrogens with zero attached hydrogens (tertiary/aromatic N) is 3. The van der Waals surface area contributed by atoms with Crippen LogP contribution in [-0.2, 0) is 9.59 Å². The zero-order valence-electron chi connectivity index (χ0n) is 20.7. The van der Waals surface area contributed by atoms with Gasteiger partial charge in [0.1, 0.15) is 0 Å². The van der Waals surface area contributed by atoms with Crippen molar-refractivity contribution in [3.63, 3.8) is 0 Å². The number of hydrogen-bond donors (Lipinski definition) is 1.